The van der Waals surface area contributed by atoms with Crippen molar-refractivity contribution >= 4 is 17.3 Å². The molecule has 0 spiro atoms. The number of halogens is 1. The molecule has 8 heteroatoms. The molecule has 0 aliphatic heterocycles. The molecular weight excluding hydrogens is 294 g/mol. The summed E-state index contributed by atoms with van der Waals surface area (Å²) in [5, 5.41) is 18.5. The summed E-state index contributed by atoms with van der Waals surface area (Å²) in [6, 6.07) is 4.43. The van der Waals surface area contributed by atoms with Gasteiger partial charge in [-0.15, -0.1) is 0 Å². The maximum Gasteiger partial charge on any atom is 0.270 e. The van der Waals surface area contributed by atoms with E-state index in [1.807, 2.05) is 0 Å². The van der Waals surface area contributed by atoms with Crippen molar-refractivity contribution < 1.29 is 4.92 Å². The van der Waals surface area contributed by atoms with E-state index in [9.17, 15) is 10.1 Å². The van der Waals surface area contributed by atoms with Crippen molar-refractivity contribution in [2.24, 2.45) is 0 Å². The van der Waals surface area contributed by atoms with Gasteiger partial charge in [-0.05, 0) is 24.6 Å². The molecule has 0 unspecified atom stereocenters. The summed E-state index contributed by atoms with van der Waals surface area (Å²) in [6.45, 7) is 4.05. The maximum absolute atomic E-state index is 10.7. The normalized spacial score (nSPS) is 10.8. The van der Waals surface area contributed by atoms with Crippen molar-refractivity contribution in [1.29, 1.82) is 0 Å². The van der Waals surface area contributed by atoms with Crippen molar-refractivity contribution in [3.05, 3.63) is 51.1 Å². The summed E-state index contributed by atoms with van der Waals surface area (Å²) in [7, 11) is 0. The zero-order chi connectivity index (χ0) is 15.2. The highest BCUT2D eigenvalue weighted by Gasteiger charge is 2.11. The Kier molecular flexibility index (Phi) is 5.24. The van der Waals surface area contributed by atoms with Crippen molar-refractivity contribution in [2.75, 3.05) is 6.54 Å². The van der Waals surface area contributed by atoms with E-state index in [0.717, 1.165) is 24.4 Å². The zero-order valence-electron chi connectivity index (χ0n) is 11.6. The molecule has 0 amide bonds. The molecule has 1 N–H and O–H groups in total. The van der Waals surface area contributed by atoms with Crippen LogP contribution in [0.5, 0.6) is 0 Å². The molecule has 0 saturated carbocycles. The topological polar surface area (TPSA) is 85.9 Å². The van der Waals surface area contributed by atoms with Crippen LogP contribution in [0.25, 0.3) is 0 Å². The van der Waals surface area contributed by atoms with Crippen molar-refractivity contribution in [3.8, 4) is 0 Å². The van der Waals surface area contributed by atoms with Crippen LogP contribution in [0, 0.1) is 10.1 Å². The standard InChI is InChI=1S/C13H16ClN5O2/c1-2-5-15-7-13-16-9-17-18(13)8-10-3-4-11(19(20)21)6-12(10)14/h3-4,6,9,15H,2,5,7-8H2,1H3. The molecule has 112 valence electrons. The second-order valence-corrected chi connectivity index (χ2v) is 4.95. The van der Waals surface area contributed by atoms with Crippen LogP contribution in [-0.4, -0.2) is 26.2 Å². The van der Waals surface area contributed by atoms with Crippen LogP contribution in [0.4, 0.5) is 5.69 Å². The van der Waals surface area contributed by atoms with E-state index in [1.54, 1.807) is 10.7 Å². The molecule has 0 radical (unpaired) electrons. The first-order valence-corrected chi connectivity index (χ1v) is 6.99. The van der Waals surface area contributed by atoms with Crippen LogP contribution in [-0.2, 0) is 13.1 Å². The third kappa shape index (κ3) is 3.99. The molecule has 0 atom stereocenters. The number of nitrogens with one attached hydrogen (secondary N) is 1. The average Bonchev–Trinajstić information content (AvgIpc) is 2.88. The van der Waals surface area contributed by atoms with Gasteiger partial charge in [0.15, 0.2) is 0 Å². The quantitative estimate of drug-likeness (QED) is 0.482. The molecule has 1 aromatic heterocycles. The van der Waals surface area contributed by atoms with Crippen LogP contribution < -0.4 is 5.32 Å². The number of hydrogen-bond donors (Lipinski definition) is 1. The van der Waals surface area contributed by atoms with E-state index in [2.05, 4.69) is 22.3 Å². The van der Waals surface area contributed by atoms with E-state index < -0.39 is 4.92 Å². The zero-order valence-corrected chi connectivity index (χ0v) is 12.4. The van der Waals surface area contributed by atoms with E-state index in [4.69, 9.17) is 11.6 Å². The Bertz CT molecular complexity index is 629. The number of nitro benzene ring substituents is 1. The summed E-state index contributed by atoms with van der Waals surface area (Å²) in [5.41, 5.74) is 0.747. The number of aromatic nitrogens is 3. The highest BCUT2D eigenvalue weighted by Crippen LogP contribution is 2.23. The minimum atomic E-state index is -0.467. The molecular formula is C13H16ClN5O2. The minimum Gasteiger partial charge on any atom is -0.310 e. The molecule has 0 aliphatic rings. The van der Waals surface area contributed by atoms with Crippen LogP contribution in [0.3, 0.4) is 0 Å². The molecule has 2 rings (SSSR count). The van der Waals surface area contributed by atoms with Gasteiger partial charge in [0.25, 0.3) is 5.69 Å². The summed E-state index contributed by atoms with van der Waals surface area (Å²) >= 11 is 6.09. The first kappa shape index (κ1) is 15.4. The molecule has 1 aromatic carbocycles. The van der Waals surface area contributed by atoms with Gasteiger partial charge in [0, 0.05) is 12.1 Å². The van der Waals surface area contributed by atoms with Gasteiger partial charge in [-0.2, -0.15) is 5.10 Å². The van der Waals surface area contributed by atoms with Crippen molar-refractivity contribution in [3.63, 3.8) is 0 Å². The fourth-order valence-electron chi connectivity index (χ4n) is 1.87. The van der Waals surface area contributed by atoms with E-state index in [1.165, 1.54) is 18.5 Å². The highest BCUT2D eigenvalue weighted by molar-refractivity contribution is 6.31. The Balaban J connectivity index is 2.11. The fraction of sp³-hybridized carbons (Fsp3) is 0.385. The molecule has 21 heavy (non-hydrogen) atoms. The lowest BCUT2D eigenvalue weighted by molar-refractivity contribution is -0.384. The maximum atomic E-state index is 10.7. The number of nitro groups is 1. The van der Waals surface area contributed by atoms with E-state index >= 15 is 0 Å². The number of nitrogens with zero attached hydrogens (tertiary/aromatic N) is 4. The first-order chi connectivity index (χ1) is 10.1. The SMILES string of the molecule is CCCNCc1ncnn1Cc1ccc([N+](=O)[O-])cc1Cl. The Morgan fingerprint density at radius 1 is 1.48 bits per heavy atom. The lowest BCUT2D eigenvalue weighted by Gasteiger charge is -2.08. The lowest BCUT2D eigenvalue weighted by Crippen LogP contribution is -2.18. The van der Waals surface area contributed by atoms with Gasteiger partial charge in [0.1, 0.15) is 12.2 Å². The largest absolute Gasteiger partial charge is 0.310 e. The average molecular weight is 310 g/mol. The summed E-state index contributed by atoms with van der Waals surface area (Å²) in [5.74, 6) is 0.804. The predicted molar refractivity (Wildman–Crippen MR) is 79.2 cm³/mol. The molecule has 0 bridgehead atoms. The molecule has 0 aliphatic carbocycles. The third-order valence-electron chi connectivity index (χ3n) is 2.97. The van der Waals surface area contributed by atoms with Crippen molar-refractivity contribution in [1.82, 2.24) is 20.1 Å². The Morgan fingerprint density at radius 2 is 2.29 bits per heavy atom. The minimum absolute atomic E-state index is 0.0211. The molecule has 7 nitrogen and oxygen atoms in total. The second kappa shape index (κ2) is 7.14. The highest BCUT2D eigenvalue weighted by atomic mass is 35.5. The second-order valence-electron chi connectivity index (χ2n) is 4.54. The van der Waals surface area contributed by atoms with Gasteiger partial charge in [0.05, 0.1) is 23.0 Å². The molecule has 0 saturated heterocycles. The Labute approximate surface area is 127 Å². The van der Waals surface area contributed by atoms with Crippen LogP contribution in [0.1, 0.15) is 24.7 Å². The first-order valence-electron chi connectivity index (χ1n) is 6.62. The predicted octanol–water partition coefficient (Wildman–Crippen LogP) is 2.39. The van der Waals surface area contributed by atoms with Crippen LogP contribution in [0.2, 0.25) is 5.02 Å². The molecule has 1 heterocycles. The number of rotatable bonds is 7. The van der Waals surface area contributed by atoms with Gasteiger partial charge in [-0.3, -0.25) is 10.1 Å². The summed E-state index contributed by atoms with van der Waals surface area (Å²) in [4.78, 5) is 14.4. The van der Waals surface area contributed by atoms with E-state index in [0.29, 0.717) is 18.1 Å². The third-order valence-corrected chi connectivity index (χ3v) is 3.33. The summed E-state index contributed by atoms with van der Waals surface area (Å²) in [6.07, 6.45) is 2.53. The van der Waals surface area contributed by atoms with Crippen LogP contribution >= 0.6 is 11.6 Å². The lowest BCUT2D eigenvalue weighted by atomic mass is 10.2. The Morgan fingerprint density at radius 3 is 2.95 bits per heavy atom. The molecule has 0 fully saturated rings. The number of non-ortho nitro benzene ring substituents is 1. The van der Waals surface area contributed by atoms with Crippen molar-refractivity contribution in [2.45, 2.75) is 26.4 Å². The number of benzene rings is 1. The fourth-order valence-corrected chi connectivity index (χ4v) is 2.11. The smallest absolute Gasteiger partial charge is 0.270 e. The monoisotopic (exact) mass is 309 g/mol. The number of hydrogen-bond acceptors (Lipinski definition) is 5. The van der Waals surface area contributed by atoms with Crippen LogP contribution in [0.15, 0.2) is 24.5 Å². The van der Waals surface area contributed by atoms with Gasteiger partial charge in [-0.1, -0.05) is 18.5 Å². The van der Waals surface area contributed by atoms with E-state index in [-0.39, 0.29) is 5.69 Å². The Hall–Kier alpha value is -1.99. The molecule has 2 aromatic rings. The van der Waals surface area contributed by atoms with Gasteiger partial charge >= 0.3 is 0 Å². The van der Waals surface area contributed by atoms with Gasteiger partial charge in [0.2, 0.25) is 0 Å². The van der Waals surface area contributed by atoms with Gasteiger partial charge in [-0.25, -0.2) is 9.67 Å². The summed E-state index contributed by atoms with van der Waals surface area (Å²) < 4.78 is 1.73. The van der Waals surface area contributed by atoms with Gasteiger partial charge < -0.3 is 5.32 Å².